The Morgan fingerprint density at radius 3 is 2.68 bits per heavy atom. The molecule has 0 aromatic heterocycles. The van der Waals surface area contributed by atoms with Gasteiger partial charge in [0.1, 0.15) is 11.6 Å². The molecule has 0 fully saturated rings. The predicted octanol–water partition coefficient (Wildman–Crippen LogP) is 4.41. The molecule has 0 amide bonds. The van der Waals surface area contributed by atoms with Gasteiger partial charge in [-0.1, -0.05) is 11.6 Å². The minimum absolute atomic E-state index is 0.203. The summed E-state index contributed by atoms with van der Waals surface area (Å²) in [5.74, 6) is 0.571. The third kappa shape index (κ3) is 3.38. The van der Waals surface area contributed by atoms with Gasteiger partial charge in [-0.2, -0.15) is 0 Å². The van der Waals surface area contributed by atoms with E-state index in [2.05, 4.69) is 5.32 Å². The quantitative estimate of drug-likeness (QED) is 0.895. The molecule has 0 aliphatic rings. The second kappa shape index (κ2) is 5.93. The maximum atomic E-state index is 13.2. The summed E-state index contributed by atoms with van der Waals surface area (Å²) >= 11 is 5.97. The monoisotopic (exact) mass is 279 g/mol. The van der Waals surface area contributed by atoms with E-state index in [-0.39, 0.29) is 5.82 Å². The molecule has 2 aromatic rings. The second-order valence-electron chi connectivity index (χ2n) is 4.27. The number of benzene rings is 2. The molecule has 0 aliphatic heterocycles. The molecule has 0 saturated heterocycles. The van der Waals surface area contributed by atoms with Gasteiger partial charge < -0.3 is 10.1 Å². The average Bonchev–Trinajstić information content (AvgIpc) is 2.40. The van der Waals surface area contributed by atoms with Gasteiger partial charge in [-0.25, -0.2) is 4.39 Å². The molecule has 4 heteroatoms. The Balaban J connectivity index is 2.13. The van der Waals surface area contributed by atoms with Crippen LogP contribution in [0.25, 0.3) is 0 Å². The molecule has 0 atom stereocenters. The van der Waals surface area contributed by atoms with Gasteiger partial charge in [-0.05, 0) is 48.9 Å². The first-order valence-corrected chi connectivity index (χ1v) is 6.30. The van der Waals surface area contributed by atoms with Gasteiger partial charge in [0.05, 0.1) is 7.11 Å². The van der Waals surface area contributed by atoms with Crippen molar-refractivity contribution >= 4 is 17.3 Å². The van der Waals surface area contributed by atoms with Crippen LogP contribution in [0.3, 0.4) is 0 Å². The Morgan fingerprint density at radius 2 is 2.00 bits per heavy atom. The lowest BCUT2D eigenvalue weighted by molar-refractivity contribution is 0.410. The zero-order valence-corrected chi connectivity index (χ0v) is 11.6. The Bertz CT molecular complexity index is 586. The molecule has 0 spiro atoms. The Labute approximate surface area is 117 Å². The third-order valence-electron chi connectivity index (χ3n) is 2.88. The van der Waals surface area contributed by atoms with E-state index in [1.807, 2.05) is 12.1 Å². The minimum Gasteiger partial charge on any atom is -0.496 e. The number of hydrogen-bond donors (Lipinski definition) is 1. The Morgan fingerprint density at radius 1 is 1.21 bits per heavy atom. The topological polar surface area (TPSA) is 21.3 Å². The third-order valence-corrected chi connectivity index (χ3v) is 3.12. The van der Waals surface area contributed by atoms with E-state index in [0.29, 0.717) is 17.1 Å². The molecule has 19 heavy (non-hydrogen) atoms. The van der Waals surface area contributed by atoms with E-state index >= 15 is 0 Å². The van der Waals surface area contributed by atoms with Crippen LogP contribution in [-0.4, -0.2) is 7.11 Å². The molecule has 0 unspecified atom stereocenters. The van der Waals surface area contributed by atoms with E-state index < -0.39 is 0 Å². The molecule has 0 radical (unpaired) electrons. The number of nitrogens with one attached hydrogen (secondary N) is 1. The highest BCUT2D eigenvalue weighted by Crippen LogP contribution is 2.24. The van der Waals surface area contributed by atoms with Crippen molar-refractivity contribution < 1.29 is 9.13 Å². The van der Waals surface area contributed by atoms with Gasteiger partial charge >= 0.3 is 0 Å². The molecular formula is C15H15ClFNO. The number of aryl methyl sites for hydroxylation is 1. The van der Waals surface area contributed by atoms with Crippen molar-refractivity contribution in [1.29, 1.82) is 0 Å². The van der Waals surface area contributed by atoms with Crippen LogP contribution in [0.1, 0.15) is 11.1 Å². The first-order chi connectivity index (χ1) is 9.10. The smallest absolute Gasteiger partial charge is 0.126 e. The summed E-state index contributed by atoms with van der Waals surface area (Å²) in [5, 5.41) is 3.89. The van der Waals surface area contributed by atoms with Crippen molar-refractivity contribution in [1.82, 2.24) is 0 Å². The summed E-state index contributed by atoms with van der Waals surface area (Å²) in [6, 6.07) is 10.4. The predicted molar refractivity (Wildman–Crippen MR) is 76.5 cm³/mol. The number of hydrogen-bond acceptors (Lipinski definition) is 2. The Kier molecular flexibility index (Phi) is 4.27. The van der Waals surface area contributed by atoms with E-state index in [9.17, 15) is 4.39 Å². The fourth-order valence-electron chi connectivity index (χ4n) is 1.84. The first-order valence-electron chi connectivity index (χ1n) is 5.92. The molecule has 0 heterocycles. The summed E-state index contributed by atoms with van der Waals surface area (Å²) in [6.45, 7) is 2.30. The zero-order chi connectivity index (χ0) is 13.8. The largest absolute Gasteiger partial charge is 0.496 e. The van der Waals surface area contributed by atoms with E-state index in [1.165, 1.54) is 6.07 Å². The molecule has 0 saturated carbocycles. The van der Waals surface area contributed by atoms with Gasteiger partial charge in [-0.3, -0.25) is 0 Å². The van der Waals surface area contributed by atoms with E-state index in [1.54, 1.807) is 32.2 Å². The van der Waals surface area contributed by atoms with Gasteiger partial charge in [0.25, 0.3) is 0 Å². The van der Waals surface area contributed by atoms with E-state index in [0.717, 1.165) is 17.0 Å². The maximum absolute atomic E-state index is 13.2. The molecule has 2 rings (SSSR count). The average molecular weight is 280 g/mol. The van der Waals surface area contributed by atoms with Gasteiger partial charge in [-0.15, -0.1) is 0 Å². The van der Waals surface area contributed by atoms with Gasteiger partial charge in [0.2, 0.25) is 0 Å². The van der Waals surface area contributed by atoms with E-state index in [4.69, 9.17) is 16.3 Å². The van der Waals surface area contributed by atoms with Crippen LogP contribution in [0.2, 0.25) is 5.02 Å². The maximum Gasteiger partial charge on any atom is 0.126 e. The number of anilines is 1. The van der Waals surface area contributed by atoms with Crippen molar-refractivity contribution in [3.8, 4) is 5.75 Å². The standard InChI is InChI=1S/C15H15ClFNO/c1-10-7-13(4-5-14(10)17)18-9-11-8-12(16)3-6-15(11)19-2/h3-8,18H,9H2,1-2H3. The van der Waals surface area contributed by atoms with Crippen molar-refractivity contribution in [2.24, 2.45) is 0 Å². The highest BCUT2D eigenvalue weighted by Gasteiger charge is 2.04. The highest BCUT2D eigenvalue weighted by molar-refractivity contribution is 6.30. The van der Waals surface area contributed by atoms with Gasteiger partial charge in [0.15, 0.2) is 0 Å². The number of rotatable bonds is 4. The van der Waals surface area contributed by atoms with Crippen molar-refractivity contribution in [3.05, 3.63) is 58.4 Å². The second-order valence-corrected chi connectivity index (χ2v) is 4.71. The lowest BCUT2D eigenvalue weighted by atomic mass is 10.1. The van der Waals surface area contributed by atoms with Crippen molar-refractivity contribution in [3.63, 3.8) is 0 Å². The van der Waals surface area contributed by atoms with Crippen LogP contribution in [0.5, 0.6) is 5.75 Å². The Hall–Kier alpha value is -1.74. The SMILES string of the molecule is COc1ccc(Cl)cc1CNc1ccc(F)c(C)c1. The molecule has 2 aromatic carbocycles. The minimum atomic E-state index is -0.203. The molecule has 1 N–H and O–H groups in total. The van der Waals surface area contributed by atoms with Crippen LogP contribution in [0.4, 0.5) is 10.1 Å². The number of methoxy groups -OCH3 is 1. The normalized spacial score (nSPS) is 10.3. The highest BCUT2D eigenvalue weighted by atomic mass is 35.5. The lowest BCUT2D eigenvalue weighted by Gasteiger charge is -2.11. The fraction of sp³-hybridized carbons (Fsp3) is 0.200. The van der Waals surface area contributed by atoms with Crippen LogP contribution < -0.4 is 10.1 Å². The van der Waals surface area contributed by atoms with Crippen molar-refractivity contribution in [2.45, 2.75) is 13.5 Å². The van der Waals surface area contributed by atoms with Crippen molar-refractivity contribution in [2.75, 3.05) is 12.4 Å². The van der Waals surface area contributed by atoms with Gasteiger partial charge in [0, 0.05) is 22.8 Å². The van der Waals surface area contributed by atoms with Crippen LogP contribution in [0, 0.1) is 12.7 Å². The summed E-state index contributed by atoms with van der Waals surface area (Å²) in [4.78, 5) is 0. The molecule has 100 valence electrons. The summed E-state index contributed by atoms with van der Waals surface area (Å²) < 4.78 is 18.4. The molecular weight excluding hydrogens is 265 g/mol. The summed E-state index contributed by atoms with van der Waals surface area (Å²) in [6.07, 6.45) is 0. The lowest BCUT2D eigenvalue weighted by Crippen LogP contribution is -2.02. The van der Waals surface area contributed by atoms with Crippen LogP contribution in [0.15, 0.2) is 36.4 Å². The molecule has 0 aliphatic carbocycles. The first kappa shape index (κ1) is 13.7. The number of halogens is 2. The van der Waals surface area contributed by atoms with Crippen LogP contribution in [-0.2, 0) is 6.54 Å². The number of ether oxygens (including phenoxy) is 1. The fourth-order valence-corrected chi connectivity index (χ4v) is 2.03. The zero-order valence-electron chi connectivity index (χ0n) is 10.8. The van der Waals surface area contributed by atoms with Crippen LogP contribution >= 0.6 is 11.6 Å². The summed E-state index contributed by atoms with van der Waals surface area (Å²) in [5.41, 5.74) is 2.43. The molecule has 0 bridgehead atoms. The molecule has 2 nitrogen and oxygen atoms in total. The summed E-state index contributed by atoms with van der Waals surface area (Å²) in [7, 11) is 1.62.